The van der Waals surface area contributed by atoms with Crippen LogP contribution in [0, 0.1) is 0 Å². The Morgan fingerprint density at radius 2 is 2.00 bits per heavy atom. The van der Waals surface area contributed by atoms with Crippen LogP contribution in [-0.4, -0.2) is 40.7 Å². The Labute approximate surface area is 138 Å². The van der Waals surface area contributed by atoms with Crippen molar-refractivity contribution in [2.45, 2.75) is 24.3 Å². The number of hydrogen-bond donors (Lipinski definition) is 3. The first kappa shape index (κ1) is 17.0. The van der Waals surface area contributed by atoms with E-state index in [-0.39, 0.29) is 0 Å². The summed E-state index contributed by atoms with van der Waals surface area (Å²) in [5.41, 5.74) is 0.805. The van der Waals surface area contributed by atoms with Crippen molar-refractivity contribution in [3.8, 4) is 0 Å². The SMILES string of the molecule is CCNc1nc(S[C@@H](C)C(=O)NC(=O)NC)nc2ccccc12. The summed E-state index contributed by atoms with van der Waals surface area (Å²) in [5, 5.41) is 8.71. The molecule has 2 aromatic rings. The molecule has 0 radical (unpaired) electrons. The molecule has 0 unspecified atom stereocenters. The van der Waals surface area contributed by atoms with Gasteiger partial charge < -0.3 is 10.6 Å². The van der Waals surface area contributed by atoms with Crippen LogP contribution in [0.15, 0.2) is 29.4 Å². The van der Waals surface area contributed by atoms with Gasteiger partial charge in [-0.05, 0) is 26.0 Å². The summed E-state index contributed by atoms with van der Waals surface area (Å²) in [6, 6.07) is 7.15. The first-order valence-corrected chi connectivity index (χ1v) is 8.13. The molecule has 0 aliphatic carbocycles. The van der Waals surface area contributed by atoms with Gasteiger partial charge in [-0.1, -0.05) is 23.9 Å². The normalized spacial score (nSPS) is 11.8. The highest BCUT2D eigenvalue weighted by Gasteiger charge is 2.19. The molecule has 1 atom stereocenters. The van der Waals surface area contributed by atoms with Gasteiger partial charge in [0.25, 0.3) is 0 Å². The standard InChI is InChI=1S/C15H19N5O2S/c1-4-17-12-10-7-5-6-8-11(10)18-15(19-12)23-9(2)13(21)20-14(22)16-3/h5-9H,4H2,1-3H3,(H,17,18,19)(H2,16,20,21,22)/t9-/m0/s1. The van der Waals surface area contributed by atoms with Gasteiger partial charge in [0.05, 0.1) is 10.8 Å². The smallest absolute Gasteiger partial charge is 0.321 e. The third kappa shape index (κ3) is 4.32. The number of aromatic nitrogens is 2. The third-order valence-electron chi connectivity index (χ3n) is 3.04. The minimum Gasteiger partial charge on any atom is -0.370 e. The highest BCUT2D eigenvalue weighted by Crippen LogP contribution is 2.26. The van der Waals surface area contributed by atoms with Crippen molar-refractivity contribution in [1.29, 1.82) is 0 Å². The molecule has 1 heterocycles. The van der Waals surface area contributed by atoms with Crippen LogP contribution < -0.4 is 16.0 Å². The van der Waals surface area contributed by atoms with E-state index in [1.165, 1.54) is 18.8 Å². The molecule has 0 aliphatic rings. The lowest BCUT2D eigenvalue weighted by atomic mass is 10.2. The molecule has 122 valence electrons. The molecule has 2 rings (SSSR count). The second-order valence-electron chi connectivity index (χ2n) is 4.73. The van der Waals surface area contributed by atoms with Gasteiger partial charge in [-0.3, -0.25) is 10.1 Å². The molecule has 1 aromatic carbocycles. The van der Waals surface area contributed by atoms with Crippen molar-refractivity contribution in [3.05, 3.63) is 24.3 Å². The lowest BCUT2D eigenvalue weighted by Crippen LogP contribution is -2.41. The van der Waals surface area contributed by atoms with Crippen LogP contribution in [0.1, 0.15) is 13.8 Å². The van der Waals surface area contributed by atoms with Crippen LogP contribution in [-0.2, 0) is 4.79 Å². The predicted molar refractivity (Wildman–Crippen MR) is 91.6 cm³/mol. The van der Waals surface area contributed by atoms with E-state index in [1.54, 1.807) is 6.92 Å². The van der Waals surface area contributed by atoms with Crippen LogP contribution in [0.25, 0.3) is 10.9 Å². The van der Waals surface area contributed by atoms with E-state index in [0.29, 0.717) is 5.16 Å². The fourth-order valence-electron chi connectivity index (χ4n) is 1.90. The number of amides is 3. The maximum Gasteiger partial charge on any atom is 0.321 e. The Hall–Kier alpha value is -2.35. The number of urea groups is 1. The minimum atomic E-state index is -0.532. The predicted octanol–water partition coefficient (Wildman–Crippen LogP) is 2.00. The summed E-state index contributed by atoms with van der Waals surface area (Å²) < 4.78 is 0. The van der Waals surface area contributed by atoms with Crippen LogP contribution >= 0.6 is 11.8 Å². The largest absolute Gasteiger partial charge is 0.370 e. The van der Waals surface area contributed by atoms with Gasteiger partial charge in [0.1, 0.15) is 5.82 Å². The van der Waals surface area contributed by atoms with Crippen LogP contribution in [0.5, 0.6) is 0 Å². The van der Waals surface area contributed by atoms with Gasteiger partial charge in [0, 0.05) is 19.0 Å². The number of carbonyl (C=O) groups excluding carboxylic acids is 2. The number of nitrogens with one attached hydrogen (secondary N) is 3. The molecule has 7 nitrogen and oxygen atoms in total. The van der Waals surface area contributed by atoms with Gasteiger partial charge in [-0.15, -0.1) is 0 Å². The molecular formula is C15H19N5O2S. The lowest BCUT2D eigenvalue weighted by molar-refractivity contribution is -0.119. The number of rotatable bonds is 5. The number of hydrogen-bond acceptors (Lipinski definition) is 6. The second kappa shape index (κ2) is 7.77. The average molecular weight is 333 g/mol. The highest BCUT2D eigenvalue weighted by molar-refractivity contribution is 8.00. The first-order chi connectivity index (χ1) is 11.0. The van der Waals surface area contributed by atoms with Crippen LogP contribution in [0.2, 0.25) is 0 Å². The average Bonchev–Trinajstić information content (AvgIpc) is 2.54. The van der Waals surface area contributed by atoms with Crippen LogP contribution in [0.4, 0.5) is 10.6 Å². The molecule has 1 aromatic heterocycles. The van der Waals surface area contributed by atoms with Crippen molar-refractivity contribution in [1.82, 2.24) is 20.6 Å². The van der Waals surface area contributed by atoms with Crippen molar-refractivity contribution in [2.24, 2.45) is 0 Å². The second-order valence-corrected chi connectivity index (χ2v) is 6.04. The molecular weight excluding hydrogens is 314 g/mol. The van der Waals surface area contributed by atoms with Crippen molar-refractivity contribution in [2.75, 3.05) is 18.9 Å². The monoisotopic (exact) mass is 333 g/mol. The maximum absolute atomic E-state index is 11.9. The Morgan fingerprint density at radius 1 is 1.26 bits per heavy atom. The summed E-state index contributed by atoms with van der Waals surface area (Å²) in [5.74, 6) is 0.343. The highest BCUT2D eigenvalue weighted by atomic mass is 32.2. The molecule has 0 saturated heterocycles. The molecule has 8 heteroatoms. The number of carbonyl (C=O) groups is 2. The van der Waals surface area contributed by atoms with E-state index >= 15 is 0 Å². The molecule has 0 spiro atoms. The molecule has 0 bridgehead atoms. The number of para-hydroxylation sites is 1. The fourth-order valence-corrected chi connectivity index (χ4v) is 2.68. The van der Waals surface area contributed by atoms with Crippen molar-refractivity contribution in [3.63, 3.8) is 0 Å². The third-order valence-corrected chi connectivity index (χ3v) is 4.00. The zero-order chi connectivity index (χ0) is 16.8. The number of nitrogens with zero attached hydrogens (tertiary/aromatic N) is 2. The molecule has 0 aliphatic heterocycles. The molecule has 0 fully saturated rings. The quantitative estimate of drug-likeness (QED) is 0.572. The number of anilines is 1. The van der Waals surface area contributed by atoms with Gasteiger partial charge in [-0.25, -0.2) is 14.8 Å². The summed E-state index contributed by atoms with van der Waals surface area (Å²) in [7, 11) is 1.45. The summed E-state index contributed by atoms with van der Waals surface area (Å²) in [6.07, 6.45) is 0. The van der Waals surface area contributed by atoms with E-state index in [2.05, 4.69) is 25.9 Å². The van der Waals surface area contributed by atoms with Crippen LogP contribution in [0.3, 0.4) is 0 Å². The van der Waals surface area contributed by atoms with Gasteiger partial charge in [-0.2, -0.15) is 0 Å². The maximum atomic E-state index is 11.9. The van der Waals surface area contributed by atoms with Crippen molar-refractivity contribution < 1.29 is 9.59 Å². The van der Waals surface area contributed by atoms with Gasteiger partial charge >= 0.3 is 6.03 Å². The minimum absolute atomic E-state index is 0.392. The van der Waals surface area contributed by atoms with E-state index in [1.807, 2.05) is 31.2 Å². The van der Waals surface area contributed by atoms with E-state index in [0.717, 1.165) is 23.3 Å². The molecule has 3 N–H and O–H groups in total. The number of benzene rings is 1. The summed E-state index contributed by atoms with van der Waals surface area (Å²) in [6.45, 7) is 4.43. The van der Waals surface area contributed by atoms with E-state index in [9.17, 15) is 9.59 Å². The molecule has 0 saturated carbocycles. The molecule has 3 amide bonds. The lowest BCUT2D eigenvalue weighted by Gasteiger charge is -2.12. The molecule has 23 heavy (non-hydrogen) atoms. The zero-order valence-corrected chi connectivity index (χ0v) is 14.0. The van der Waals surface area contributed by atoms with Gasteiger partial charge in [0.2, 0.25) is 5.91 Å². The topological polar surface area (TPSA) is 96.0 Å². The Morgan fingerprint density at radius 3 is 2.70 bits per heavy atom. The first-order valence-electron chi connectivity index (χ1n) is 7.25. The van der Waals surface area contributed by atoms with Crippen molar-refractivity contribution >= 4 is 40.4 Å². The Kier molecular flexibility index (Phi) is 5.75. The van der Waals surface area contributed by atoms with Gasteiger partial charge in [0.15, 0.2) is 5.16 Å². The number of thioether (sulfide) groups is 1. The Bertz CT molecular complexity index is 722. The summed E-state index contributed by atoms with van der Waals surface area (Å²) in [4.78, 5) is 32.1. The fraction of sp³-hybridized carbons (Fsp3) is 0.333. The zero-order valence-electron chi connectivity index (χ0n) is 13.2. The number of imide groups is 1. The summed E-state index contributed by atoms with van der Waals surface area (Å²) >= 11 is 1.20. The Balaban J connectivity index is 2.22. The van der Waals surface area contributed by atoms with E-state index < -0.39 is 17.2 Å². The van der Waals surface area contributed by atoms with E-state index in [4.69, 9.17) is 0 Å². The number of fused-ring (bicyclic) bond motifs is 1.